The predicted molar refractivity (Wildman–Crippen MR) is 181 cm³/mol. The van der Waals surface area contributed by atoms with Gasteiger partial charge in [0.2, 0.25) is 5.91 Å². The zero-order valence-corrected chi connectivity index (χ0v) is 25.2. The third kappa shape index (κ3) is 5.50. The fourth-order valence-corrected chi connectivity index (χ4v) is 6.30. The summed E-state index contributed by atoms with van der Waals surface area (Å²) in [5.41, 5.74) is 4.12. The van der Waals surface area contributed by atoms with Gasteiger partial charge in [-0.1, -0.05) is 133 Å². The summed E-state index contributed by atoms with van der Waals surface area (Å²) in [7, 11) is 0. The Bertz CT molecular complexity index is 1800. The monoisotopic (exact) mass is 589 g/mol. The molecule has 2 N–H and O–H groups in total. The van der Waals surface area contributed by atoms with Gasteiger partial charge in [0.1, 0.15) is 11.4 Å². The minimum atomic E-state index is -1.49. The molecule has 0 aliphatic rings. The first-order chi connectivity index (χ1) is 22.0. The van der Waals surface area contributed by atoms with Crippen LogP contribution in [0.25, 0.3) is 11.1 Å². The van der Waals surface area contributed by atoms with Crippen LogP contribution in [0.2, 0.25) is 0 Å². The highest BCUT2D eigenvalue weighted by molar-refractivity contribution is 5.89. The summed E-state index contributed by atoms with van der Waals surface area (Å²) in [5, 5.41) is 15.6. The molecule has 1 atom stereocenters. The number of nitrogens with zero attached hydrogens (tertiary/aromatic N) is 2. The first-order valence-electron chi connectivity index (χ1n) is 15.0. The molecule has 1 unspecified atom stereocenters. The summed E-state index contributed by atoms with van der Waals surface area (Å²) in [4.78, 5) is 16.5. The van der Waals surface area contributed by atoms with Gasteiger partial charge >= 0.3 is 0 Å². The van der Waals surface area contributed by atoms with E-state index in [-0.39, 0.29) is 12.3 Å². The molecule has 6 rings (SSSR count). The van der Waals surface area contributed by atoms with E-state index in [1.165, 1.54) is 6.92 Å². The van der Waals surface area contributed by atoms with Crippen molar-refractivity contribution in [1.29, 1.82) is 0 Å². The van der Waals surface area contributed by atoms with Crippen molar-refractivity contribution in [3.63, 3.8) is 0 Å². The van der Waals surface area contributed by atoms with Crippen molar-refractivity contribution in [1.82, 2.24) is 9.55 Å². The molecular formula is C40H35N3O2. The average Bonchev–Trinajstić information content (AvgIpc) is 3.58. The number of aromatic nitrogens is 2. The van der Waals surface area contributed by atoms with Crippen LogP contribution in [-0.2, 0) is 15.9 Å². The lowest BCUT2D eigenvalue weighted by Crippen LogP contribution is -2.42. The summed E-state index contributed by atoms with van der Waals surface area (Å²) in [6.07, 6.45) is 5.70. The van der Waals surface area contributed by atoms with Crippen LogP contribution in [0.1, 0.15) is 41.4 Å². The van der Waals surface area contributed by atoms with E-state index >= 15 is 0 Å². The normalized spacial score (nSPS) is 12.7. The molecule has 222 valence electrons. The van der Waals surface area contributed by atoms with Gasteiger partial charge in [-0.2, -0.15) is 0 Å². The first kappa shape index (κ1) is 29.5. The molecule has 6 aromatic rings. The minimum absolute atomic E-state index is 0.120. The van der Waals surface area contributed by atoms with E-state index in [0.717, 1.165) is 33.5 Å². The smallest absolute Gasteiger partial charge is 0.221 e. The molecule has 1 heterocycles. The Morgan fingerprint density at radius 1 is 0.756 bits per heavy atom. The Morgan fingerprint density at radius 2 is 1.31 bits per heavy atom. The third-order valence-electron chi connectivity index (χ3n) is 8.27. The fourth-order valence-electron chi connectivity index (χ4n) is 6.30. The number of imidazole rings is 1. The minimum Gasteiger partial charge on any atom is -0.377 e. The molecule has 1 aromatic heterocycles. The maximum absolute atomic E-state index is 12.7. The zero-order chi connectivity index (χ0) is 31.3. The summed E-state index contributed by atoms with van der Waals surface area (Å²) in [6, 6.07) is 46.6. The van der Waals surface area contributed by atoms with Crippen LogP contribution in [0.3, 0.4) is 0 Å². The number of hydrogen-bond donors (Lipinski definition) is 2. The molecule has 45 heavy (non-hydrogen) atoms. The first-order valence-corrected chi connectivity index (χ1v) is 15.0. The van der Waals surface area contributed by atoms with Gasteiger partial charge in [-0.25, -0.2) is 4.98 Å². The standard InChI is InChI=1S/C40H35N3O2/c1-3-26-39(45,33-24-22-31(23-25-33)32-14-13-21-37(29-32)42-30(2)44)38-41-27-28-43(38)40(34-15-7-4-8-16-34,35-17-9-5-10-18-35)36-19-11-6-12-20-36/h3-25,27-29,45H,1,26H2,2H3,(H,42,44). The molecule has 0 saturated heterocycles. The van der Waals surface area contributed by atoms with Crippen molar-refractivity contribution in [3.8, 4) is 11.1 Å². The van der Waals surface area contributed by atoms with Crippen LogP contribution >= 0.6 is 0 Å². The molecule has 0 fully saturated rings. The molecule has 0 spiro atoms. The molecule has 5 aromatic carbocycles. The summed E-state index contributed by atoms with van der Waals surface area (Å²) in [6.45, 7) is 5.51. The van der Waals surface area contributed by atoms with E-state index in [4.69, 9.17) is 4.98 Å². The maximum Gasteiger partial charge on any atom is 0.221 e. The van der Waals surface area contributed by atoms with Gasteiger partial charge in [-0.15, -0.1) is 6.58 Å². The molecule has 0 aliphatic carbocycles. The SMILES string of the molecule is C=CCC(O)(c1ccc(-c2cccc(NC(C)=O)c2)cc1)c1nccn1C(c1ccccc1)(c1ccccc1)c1ccccc1. The molecule has 0 radical (unpaired) electrons. The topological polar surface area (TPSA) is 67.2 Å². The second-order valence-corrected chi connectivity index (χ2v) is 11.1. The number of benzene rings is 5. The van der Waals surface area contributed by atoms with Crippen molar-refractivity contribution >= 4 is 11.6 Å². The van der Waals surface area contributed by atoms with E-state index in [9.17, 15) is 9.90 Å². The van der Waals surface area contributed by atoms with Crippen LogP contribution in [0, 0.1) is 0 Å². The van der Waals surface area contributed by atoms with Gasteiger partial charge in [0.25, 0.3) is 0 Å². The third-order valence-corrected chi connectivity index (χ3v) is 8.27. The lowest BCUT2D eigenvalue weighted by molar-refractivity contribution is -0.114. The van der Waals surface area contributed by atoms with E-state index in [1.807, 2.05) is 109 Å². The Hall–Kier alpha value is -5.52. The molecule has 0 saturated carbocycles. The zero-order valence-electron chi connectivity index (χ0n) is 25.2. The molecular weight excluding hydrogens is 554 g/mol. The second kappa shape index (κ2) is 12.6. The molecule has 0 aliphatic heterocycles. The lowest BCUT2D eigenvalue weighted by atomic mass is 9.76. The van der Waals surface area contributed by atoms with Gasteiger partial charge in [0.05, 0.1) is 0 Å². The Labute approximate surface area is 264 Å². The van der Waals surface area contributed by atoms with Crippen molar-refractivity contribution in [2.75, 3.05) is 5.32 Å². The second-order valence-electron chi connectivity index (χ2n) is 11.1. The number of hydrogen-bond acceptors (Lipinski definition) is 3. The largest absolute Gasteiger partial charge is 0.377 e. The van der Waals surface area contributed by atoms with Crippen molar-refractivity contribution in [2.45, 2.75) is 24.5 Å². The van der Waals surface area contributed by atoms with Crippen LogP contribution in [0.15, 0.2) is 165 Å². The highest BCUT2D eigenvalue weighted by Gasteiger charge is 2.44. The van der Waals surface area contributed by atoms with E-state index in [1.54, 1.807) is 12.3 Å². The van der Waals surface area contributed by atoms with E-state index < -0.39 is 11.1 Å². The van der Waals surface area contributed by atoms with Crippen molar-refractivity contribution < 1.29 is 9.90 Å². The number of amides is 1. The number of carbonyl (C=O) groups is 1. The maximum atomic E-state index is 12.7. The van der Waals surface area contributed by atoms with Gasteiger partial charge in [0, 0.05) is 31.4 Å². The van der Waals surface area contributed by atoms with Crippen molar-refractivity contribution in [2.24, 2.45) is 0 Å². The number of anilines is 1. The Morgan fingerprint density at radius 3 is 1.82 bits per heavy atom. The van der Waals surface area contributed by atoms with Gasteiger partial charge in [-0.3, -0.25) is 4.79 Å². The lowest BCUT2D eigenvalue weighted by Gasteiger charge is -2.41. The van der Waals surface area contributed by atoms with Gasteiger partial charge in [-0.05, 0) is 45.5 Å². The summed E-state index contributed by atoms with van der Waals surface area (Å²) >= 11 is 0. The van der Waals surface area contributed by atoms with Crippen LogP contribution in [-0.4, -0.2) is 20.6 Å². The van der Waals surface area contributed by atoms with Gasteiger partial charge in [0.15, 0.2) is 5.60 Å². The van der Waals surface area contributed by atoms with Gasteiger partial charge < -0.3 is 15.0 Å². The van der Waals surface area contributed by atoms with Crippen LogP contribution < -0.4 is 5.32 Å². The highest BCUT2D eigenvalue weighted by atomic mass is 16.3. The Kier molecular flexibility index (Phi) is 8.28. The van der Waals surface area contributed by atoms with Crippen LogP contribution in [0.5, 0.6) is 0 Å². The summed E-state index contributed by atoms with van der Waals surface area (Å²) in [5.74, 6) is 0.379. The highest BCUT2D eigenvalue weighted by Crippen LogP contribution is 2.44. The number of carbonyl (C=O) groups excluding carboxylic acids is 1. The number of nitrogens with one attached hydrogen (secondary N) is 1. The molecule has 1 amide bonds. The quantitative estimate of drug-likeness (QED) is 0.125. The molecule has 5 nitrogen and oxygen atoms in total. The fraction of sp³-hybridized carbons (Fsp3) is 0.100. The van der Waals surface area contributed by atoms with Crippen LogP contribution in [0.4, 0.5) is 5.69 Å². The number of rotatable bonds is 10. The Balaban J connectivity index is 1.54. The average molecular weight is 590 g/mol. The van der Waals surface area contributed by atoms with E-state index in [2.05, 4.69) is 52.9 Å². The summed E-state index contributed by atoms with van der Waals surface area (Å²) < 4.78 is 2.11. The number of aliphatic hydroxyl groups is 1. The molecule has 0 bridgehead atoms. The van der Waals surface area contributed by atoms with E-state index in [0.29, 0.717) is 11.4 Å². The van der Waals surface area contributed by atoms with Crippen molar-refractivity contribution in [3.05, 3.63) is 193 Å². The predicted octanol–water partition coefficient (Wildman–Crippen LogP) is 8.16. The molecule has 5 heteroatoms.